The van der Waals surface area contributed by atoms with Gasteiger partial charge >= 0.3 is 0 Å². The summed E-state index contributed by atoms with van der Waals surface area (Å²) in [7, 11) is -2.02. The highest BCUT2D eigenvalue weighted by molar-refractivity contribution is 7.91. The molecule has 1 N–H and O–H groups in total. The van der Waals surface area contributed by atoms with Crippen molar-refractivity contribution in [3.8, 4) is 0 Å². The second-order valence-electron chi connectivity index (χ2n) is 6.68. The smallest absolute Gasteiger partial charge is 0.256 e. The number of sulfonamides is 1. The molecule has 0 atom stereocenters. The first-order chi connectivity index (χ1) is 13.8. The van der Waals surface area contributed by atoms with Crippen molar-refractivity contribution in [2.45, 2.75) is 12.3 Å². The molecule has 150 valence electrons. The van der Waals surface area contributed by atoms with Crippen molar-refractivity contribution in [2.24, 2.45) is 0 Å². The van der Waals surface area contributed by atoms with Gasteiger partial charge < -0.3 is 4.90 Å². The molecular formula is C22H21ClN2O3S. The molecular weight excluding hydrogens is 408 g/mol. The van der Waals surface area contributed by atoms with E-state index in [9.17, 15) is 13.2 Å². The molecule has 0 aliphatic rings. The number of nitrogens with one attached hydrogen (secondary N) is 1. The predicted molar refractivity (Wildman–Crippen MR) is 116 cm³/mol. The average Bonchev–Trinajstić information content (AvgIpc) is 2.70. The normalized spacial score (nSPS) is 11.1. The van der Waals surface area contributed by atoms with E-state index in [1.165, 1.54) is 0 Å². The molecule has 3 aromatic carbocycles. The largest absolute Gasteiger partial charge is 0.337 e. The minimum atomic E-state index is -3.70. The summed E-state index contributed by atoms with van der Waals surface area (Å²) in [6, 6.07) is 22.8. The second-order valence-corrected chi connectivity index (χ2v) is 8.84. The Balaban J connectivity index is 1.77. The highest BCUT2D eigenvalue weighted by atomic mass is 35.5. The number of amides is 1. The molecule has 0 heterocycles. The number of para-hydroxylation sites is 1. The van der Waals surface area contributed by atoms with Gasteiger partial charge in [-0.3, -0.25) is 9.52 Å². The van der Waals surface area contributed by atoms with Crippen LogP contribution in [0.3, 0.4) is 0 Å². The number of rotatable bonds is 7. The van der Waals surface area contributed by atoms with Crippen molar-refractivity contribution in [3.05, 3.63) is 101 Å². The maximum absolute atomic E-state index is 12.9. The van der Waals surface area contributed by atoms with E-state index in [2.05, 4.69) is 4.72 Å². The van der Waals surface area contributed by atoms with Crippen LogP contribution in [0.15, 0.2) is 78.9 Å². The Labute approximate surface area is 176 Å². The van der Waals surface area contributed by atoms with Crippen molar-refractivity contribution >= 4 is 33.2 Å². The third-order valence-electron chi connectivity index (χ3n) is 4.30. The molecule has 0 saturated heterocycles. The van der Waals surface area contributed by atoms with E-state index in [0.29, 0.717) is 22.7 Å². The van der Waals surface area contributed by atoms with Gasteiger partial charge in [-0.05, 0) is 35.4 Å². The van der Waals surface area contributed by atoms with Gasteiger partial charge in [0.1, 0.15) is 0 Å². The number of hydrogen-bond donors (Lipinski definition) is 1. The Bertz CT molecular complexity index is 1080. The van der Waals surface area contributed by atoms with Gasteiger partial charge in [-0.25, -0.2) is 8.42 Å². The zero-order valence-electron chi connectivity index (χ0n) is 15.9. The Hall–Kier alpha value is -2.83. The van der Waals surface area contributed by atoms with E-state index in [1.807, 2.05) is 30.3 Å². The van der Waals surface area contributed by atoms with Gasteiger partial charge in [0.2, 0.25) is 10.0 Å². The highest BCUT2D eigenvalue weighted by Gasteiger charge is 2.19. The molecule has 1 amide bonds. The topological polar surface area (TPSA) is 66.5 Å². The summed E-state index contributed by atoms with van der Waals surface area (Å²) in [6.45, 7) is 0.422. The lowest BCUT2D eigenvalue weighted by molar-refractivity contribution is 0.0786. The number of anilines is 1. The van der Waals surface area contributed by atoms with Crippen LogP contribution in [-0.2, 0) is 22.3 Å². The fourth-order valence-electron chi connectivity index (χ4n) is 2.90. The molecule has 7 heteroatoms. The van der Waals surface area contributed by atoms with E-state index >= 15 is 0 Å². The van der Waals surface area contributed by atoms with Crippen LogP contribution in [0.4, 0.5) is 5.69 Å². The van der Waals surface area contributed by atoms with Crippen LogP contribution < -0.4 is 4.72 Å². The zero-order valence-corrected chi connectivity index (χ0v) is 17.5. The predicted octanol–water partition coefficient (Wildman–Crippen LogP) is 4.55. The van der Waals surface area contributed by atoms with Crippen molar-refractivity contribution in [1.29, 1.82) is 0 Å². The number of benzene rings is 3. The fraction of sp³-hybridized carbons (Fsp3) is 0.136. The van der Waals surface area contributed by atoms with Crippen LogP contribution in [0, 0.1) is 0 Å². The van der Waals surface area contributed by atoms with Gasteiger partial charge in [-0.1, -0.05) is 66.2 Å². The van der Waals surface area contributed by atoms with E-state index in [4.69, 9.17) is 11.6 Å². The van der Waals surface area contributed by atoms with Crippen LogP contribution in [0.25, 0.3) is 0 Å². The van der Waals surface area contributed by atoms with Gasteiger partial charge in [-0.2, -0.15) is 0 Å². The Morgan fingerprint density at radius 3 is 2.21 bits per heavy atom. The van der Waals surface area contributed by atoms with Crippen molar-refractivity contribution in [3.63, 3.8) is 0 Å². The fourth-order valence-corrected chi connectivity index (χ4v) is 4.24. The number of hydrogen-bond acceptors (Lipinski definition) is 3. The highest BCUT2D eigenvalue weighted by Crippen LogP contribution is 2.21. The Morgan fingerprint density at radius 1 is 0.897 bits per heavy atom. The molecule has 5 nitrogen and oxygen atoms in total. The molecule has 0 bridgehead atoms. The summed E-state index contributed by atoms with van der Waals surface area (Å²) >= 11 is 5.85. The van der Waals surface area contributed by atoms with Gasteiger partial charge in [0.15, 0.2) is 0 Å². The van der Waals surface area contributed by atoms with E-state index in [1.54, 1.807) is 60.5 Å². The number of carbonyl (C=O) groups excluding carboxylic acids is 1. The van der Waals surface area contributed by atoms with E-state index < -0.39 is 10.0 Å². The van der Waals surface area contributed by atoms with Gasteiger partial charge in [0.05, 0.1) is 17.0 Å². The summed E-state index contributed by atoms with van der Waals surface area (Å²) in [5.41, 5.74) is 2.15. The quantitative estimate of drug-likeness (QED) is 0.600. The van der Waals surface area contributed by atoms with Crippen molar-refractivity contribution in [1.82, 2.24) is 4.90 Å². The molecule has 0 aromatic heterocycles. The maximum Gasteiger partial charge on any atom is 0.256 e. The molecule has 0 aliphatic carbocycles. The standard InChI is InChI=1S/C22H21ClN2O3S/c1-25(15-17-7-3-2-4-8-17)22(26)20-9-5-6-10-21(20)24-29(27,28)16-18-11-13-19(23)14-12-18/h2-14,24H,15-16H2,1H3. The molecule has 0 unspecified atom stereocenters. The van der Waals surface area contributed by atoms with Crippen LogP contribution in [0.5, 0.6) is 0 Å². The summed E-state index contributed by atoms with van der Waals surface area (Å²) in [5.74, 6) is -0.481. The summed E-state index contributed by atoms with van der Waals surface area (Å²) in [6.07, 6.45) is 0. The van der Waals surface area contributed by atoms with Crippen LogP contribution in [0.2, 0.25) is 5.02 Å². The molecule has 0 aliphatic heterocycles. The number of nitrogens with zero attached hydrogens (tertiary/aromatic N) is 1. The number of halogens is 1. The van der Waals surface area contributed by atoms with Crippen LogP contribution >= 0.6 is 11.6 Å². The van der Waals surface area contributed by atoms with Gasteiger partial charge in [-0.15, -0.1) is 0 Å². The first-order valence-electron chi connectivity index (χ1n) is 8.97. The zero-order chi connectivity index (χ0) is 20.9. The molecule has 0 spiro atoms. The maximum atomic E-state index is 12.9. The van der Waals surface area contributed by atoms with Crippen LogP contribution in [-0.4, -0.2) is 26.3 Å². The monoisotopic (exact) mass is 428 g/mol. The Kier molecular flexibility index (Phi) is 6.56. The van der Waals surface area contributed by atoms with Crippen molar-refractivity contribution < 1.29 is 13.2 Å². The Morgan fingerprint density at radius 2 is 1.52 bits per heavy atom. The molecule has 0 saturated carbocycles. The number of carbonyl (C=O) groups is 1. The molecule has 3 aromatic rings. The lowest BCUT2D eigenvalue weighted by atomic mass is 10.1. The summed E-state index contributed by atoms with van der Waals surface area (Å²) < 4.78 is 27.8. The van der Waals surface area contributed by atoms with Crippen LogP contribution in [0.1, 0.15) is 21.5 Å². The van der Waals surface area contributed by atoms with E-state index in [0.717, 1.165) is 5.56 Å². The van der Waals surface area contributed by atoms with Gasteiger partial charge in [0, 0.05) is 18.6 Å². The SMILES string of the molecule is CN(Cc1ccccc1)C(=O)c1ccccc1NS(=O)(=O)Cc1ccc(Cl)cc1. The molecule has 0 radical (unpaired) electrons. The first-order valence-corrected chi connectivity index (χ1v) is 11.0. The molecule has 0 fully saturated rings. The van der Waals surface area contributed by atoms with E-state index in [-0.39, 0.29) is 17.3 Å². The van der Waals surface area contributed by atoms with Crippen molar-refractivity contribution in [2.75, 3.05) is 11.8 Å². The van der Waals surface area contributed by atoms with Gasteiger partial charge in [0.25, 0.3) is 5.91 Å². The third kappa shape index (κ3) is 5.82. The minimum absolute atomic E-state index is 0.216. The lowest BCUT2D eigenvalue weighted by Gasteiger charge is -2.19. The summed E-state index contributed by atoms with van der Waals surface area (Å²) in [4.78, 5) is 14.5. The molecule has 29 heavy (non-hydrogen) atoms. The first kappa shape index (κ1) is 20.9. The average molecular weight is 429 g/mol. The second kappa shape index (κ2) is 9.11. The third-order valence-corrected chi connectivity index (χ3v) is 5.80. The molecule has 3 rings (SSSR count). The minimum Gasteiger partial charge on any atom is -0.337 e. The lowest BCUT2D eigenvalue weighted by Crippen LogP contribution is -2.27. The summed E-state index contributed by atoms with van der Waals surface area (Å²) in [5, 5.41) is 0.538.